The summed E-state index contributed by atoms with van der Waals surface area (Å²) in [4.78, 5) is 29.4. The van der Waals surface area contributed by atoms with E-state index >= 15 is 0 Å². The van der Waals surface area contributed by atoms with Crippen LogP contribution in [0.25, 0.3) is 0 Å². The summed E-state index contributed by atoms with van der Waals surface area (Å²) < 4.78 is 10.3. The van der Waals surface area contributed by atoms with Gasteiger partial charge in [-0.3, -0.25) is 9.59 Å². The minimum atomic E-state index is -0.579. The molecule has 2 amide bonds. The van der Waals surface area contributed by atoms with Gasteiger partial charge in [0.25, 0.3) is 5.91 Å². The maximum atomic E-state index is 13.0. The number of hydrogen-bond donors (Lipinski definition) is 1. The number of ether oxygens (including phenoxy) is 1. The first-order valence-corrected chi connectivity index (χ1v) is 9.51. The third-order valence-electron chi connectivity index (χ3n) is 4.99. The van der Waals surface area contributed by atoms with E-state index < -0.39 is 6.04 Å². The van der Waals surface area contributed by atoms with Crippen molar-refractivity contribution in [1.82, 2.24) is 10.2 Å². The summed E-state index contributed by atoms with van der Waals surface area (Å²) in [5, 5.41) is 2.82. The maximum absolute atomic E-state index is 13.0. The Hall–Kier alpha value is -2.96. The van der Waals surface area contributed by atoms with Crippen LogP contribution in [0.5, 0.6) is 5.75 Å². The number of anilines is 1. The number of furan rings is 1. The van der Waals surface area contributed by atoms with Crippen molar-refractivity contribution in [2.75, 3.05) is 38.2 Å². The van der Waals surface area contributed by atoms with E-state index in [2.05, 4.69) is 10.2 Å². The highest BCUT2D eigenvalue weighted by atomic mass is 16.5. The molecule has 0 spiro atoms. The van der Waals surface area contributed by atoms with Crippen molar-refractivity contribution in [1.29, 1.82) is 0 Å². The predicted molar refractivity (Wildman–Crippen MR) is 107 cm³/mol. The van der Waals surface area contributed by atoms with Gasteiger partial charge in [-0.2, -0.15) is 0 Å². The molecule has 3 rings (SSSR count). The average molecular weight is 385 g/mol. The number of piperazine rings is 1. The van der Waals surface area contributed by atoms with Gasteiger partial charge in [-0.25, -0.2) is 0 Å². The van der Waals surface area contributed by atoms with Crippen LogP contribution in [0.4, 0.5) is 5.69 Å². The van der Waals surface area contributed by atoms with Gasteiger partial charge in [0.2, 0.25) is 5.91 Å². The fourth-order valence-corrected chi connectivity index (χ4v) is 3.31. The van der Waals surface area contributed by atoms with Crippen LogP contribution in [0, 0.1) is 5.92 Å². The second kappa shape index (κ2) is 8.82. The lowest BCUT2D eigenvalue weighted by Gasteiger charge is -2.38. The van der Waals surface area contributed by atoms with Gasteiger partial charge in [-0.1, -0.05) is 13.8 Å². The maximum Gasteiger partial charge on any atom is 0.287 e. The standard InChI is InChI=1S/C21H27N3O4/c1-15(2)19(22-20(25)18-5-4-14-28-18)21(26)24-12-10-23(11-13-24)16-6-8-17(27-3)9-7-16/h4-9,14-15,19H,10-13H2,1-3H3,(H,22,25)/t19-/m1/s1. The number of nitrogens with one attached hydrogen (secondary N) is 1. The first-order chi connectivity index (χ1) is 13.5. The van der Waals surface area contributed by atoms with E-state index in [1.807, 2.05) is 43.0 Å². The molecule has 7 nitrogen and oxygen atoms in total. The molecule has 150 valence electrons. The molecule has 1 aliphatic heterocycles. The van der Waals surface area contributed by atoms with Crippen molar-refractivity contribution in [3.8, 4) is 5.75 Å². The van der Waals surface area contributed by atoms with E-state index in [0.717, 1.165) is 24.5 Å². The quantitative estimate of drug-likeness (QED) is 0.826. The Morgan fingerprint density at radius 2 is 1.75 bits per heavy atom. The van der Waals surface area contributed by atoms with Gasteiger partial charge in [0.1, 0.15) is 11.8 Å². The van der Waals surface area contributed by atoms with E-state index in [9.17, 15) is 9.59 Å². The Balaban J connectivity index is 1.59. The summed E-state index contributed by atoms with van der Waals surface area (Å²) >= 11 is 0. The van der Waals surface area contributed by atoms with Crippen LogP contribution in [0.1, 0.15) is 24.4 Å². The molecule has 2 heterocycles. The summed E-state index contributed by atoms with van der Waals surface area (Å²) in [6.07, 6.45) is 1.44. The Bertz CT molecular complexity index is 778. The van der Waals surface area contributed by atoms with Crippen LogP contribution in [0.15, 0.2) is 47.1 Å². The van der Waals surface area contributed by atoms with Crippen molar-refractivity contribution in [3.63, 3.8) is 0 Å². The highest BCUT2D eigenvalue weighted by Crippen LogP contribution is 2.21. The van der Waals surface area contributed by atoms with Crippen LogP contribution in [-0.2, 0) is 4.79 Å². The summed E-state index contributed by atoms with van der Waals surface area (Å²) in [6, 6.07) is 10.6. The summed E-state index contributed by atoms with van der Waals surface area (Å²) in [5.74, 6) is 0.594. The summed E-state index contributed by atoms with van der Waals surface area (Å²) in [6.45, 7) is 6.58. The van der Waals surface area contributed by atoms with Crippen LogP contribution in [0.2, 0.25) is 0 Å². The zero-order valence-electron chi connectivity index (χ0n) is 16.6. The van der Waals surface area contributed by atoms with Crippen molar-refractivity contribution in [3.05, 3.63) is 48.4 Å². The lowest BCUT2D eigenvalue weighted by atomic mass is 10.0. The third kappa shape index (κ3) is 4.47. The number of methoxy groups -OCH3 is 1. The molecule has 7 heteroatoms. The van der Waals surface area contributed by atoms with Crippen LogP contribution in [-0.4, -0.2) is 56.0 Å². The summed E-state index contributed by atoms with van der Waals surface area (Å²) in [7, 11) is 1.65. The van der Waals surface area contributed by atoms with Gasteiger partial charge in [-0.05, 0) is 42.3 Å². The van der Waals surface area contributed by atoms with Gasteiger partial charge < -0.3 is 24.3 Å². The molecule has 0 aliphatic carbocycles. The Labute approximate surface area is 165 Å². The molecule has 1 aliphatic rings. The molecule has 1 saturated heterocycles. The van der Waals surface area contributed by atoms with E-state index in [1.54, 1.807) is 19.2 Å². The highest BCUT2D eigenvalue weighted by Gasteiger charge is 2.31. The average Bonchev–Trinajstić information content (AvgIpc) is 3.26. The topological polar surface area (TPSA) is 75.0 Å². The number of nitrogens with zero attached hydrogens (tertiary/aromatic N) is 2. The zero-order chi connectivity index (χ0) is 20.1. The first-order valence-electron chi connectivity index (χ1n) is 9.51. The molecule has 1 N–H and O–H groups in total. The van der Waals surface area contributed by atoms with Crippen molar-refractivity contribution >= 4 is 17.5 Å². The van der Waals surface area contributed by atoms with Gasteiger partial charge >= 0.3 is 0 Å². The fourth-order valence-electron chi connectivity index (χ4n) is 3.31. The minimum absolute atomic E-state index is 0.0222. The Kier molecular flexibility index (Phi) is 6.23. The Morgan fingerprint density at radius 1 is 1.07 bits per heavy atom. The SMILES string of the molecule is COc1ccc(N2CCN(C(=O)[C@H](NC(=O)c3ccco3)C(C)C)CC2)cc1. The molecule has 1 aromatic heterocycles. The highest BCUT2D eigenvalue weighted by molar-refractivity contribution is 5.95. The van der Waals surface area contributed by atoms with Gasteiger partial charge in [-0.15, -0.1) is 0 Å². The van der Waals surface area contributed by atoms with Crippen LogP contribution >= 0.6 is 0 Å². The molecule has 0 unspecified atom stereocenters. The number of carbonyl (C=O) groups is 2. The van der Waals surface area contributed by atoms with E-state index in [-0.39, 0.29) is 23.5 Å². The predicted octanol–water partition coefficient (Wildman–Crippen LogP) is 2.39. The minimum Gasteiger partial charge on any atom is -0.497 e. The number of rotatable bonds is 6. The van der Waals surface area contributed by atoms with Crippen LogP contribution < -0.4 is 15.0 Å². The molecule has 1 aromatic carbocycles. The molecule has 1 atom stereocenters. The van der Waals surface area contributed by atoms with E-state index in [0.29, 0.717) is 13.1 Å². The molecule has 0 saturated carbocycles. The molecule has 0 bridgehead atoms. The second-order valence-corrected chi connectivity index (χ2v) is 7.18. The number of benzene rings is 1. The van der Waals surface area contributed by atoms with Crippen molar-refractivity contribution in [2.45, 2.75) is 19.9 Å². The van der Waals surface area contributed by atoms with E-state index in [4.69, 9.17) is 9.15 Å². The van der Waals surface area contributed by atoms with Gasteiger partial charge in [0.05, 0.1) is 13.4 Å². The fraction of sp³-hybridized carbons (Fsp3) is 0.429. The van der Waals surface area contributed by atoms with Crippen LogP contribution in [0.3, 0.4) is 0 Å². The monoisotopic (exact) mass is 385 g/mol. The van der Waals surface area contributed by atoms with Crippen molar-refractivity contribution in [2.24, 2.45) is 5.92 Å². The first kappa shape index (κ1) is 19.8. The lowest BCUT2D eigenvalue weighted by Crippen LogP contribution is -2.56. The molecule has 2 aromatic rings. The molecule has 1 fully saturated rings. The molecular weight excluding hydrogens is 358 g/mol. The Morgan fingerprint density at radius 3 is 2.29 bits per heavy atom. The van der Waals surface area contributed by atoms with Gasteiger partial charge in [0.15, 0.2) is 5.76 Å². The number of hydrogen-bond acceptors (Lipinski definition) is 5. The second-order valence-electron chi connectivity index (χ2n) is 7.18. The lowest BCUT2D eigenvalue weighted by molar-refractivity contribution is -0.134. The zero-order valence-corrected chi connectivity index (χ0v) is 16.6. The van der Waals surface area contributed by atoms with Crippen molar-refractivity contribution < 1.29 is 18.7 Å². The normalized spacial score (nSPS) is 15.4. The summed E-state index contributed by atoms with van der Waals surface area (Å²) in [5.41, 5.74) is 1.11. The molecular formula is C21H27N3O4. The largest absolute Gasteiger partial charge is 0.497 e. The smallest absolute Gasteiger partial charge is 0.287 e. The van der Waals surface area contributed by atoms with Gasteiger partial charge in [0, 0.05) is 31.9 Å². The van der Waals surface area contributed by atoms with E-state index in [1.165, 1.54) is 6.26 Å². The molecule has 0 radical (unpaired) electrons. The number of amides is 2. The third-order valence-corrected chi connectivity index (χ3v) is 4.99. The number of carbonyl (C=O) groups excluding carboxylic acids is 2. The molecule has 28 heavy (non-hydrogen) atoms.